The minimum absolute atomic E-state index is 0.139. The van der Waals surface area contributed by atoms with Gasteiger partial charge in [0.15, 0.2) is 0 Å². The number of carbonyl (C=O) groups excluding carboxylic acids is 1. The van der Waals surface area contributed by atoms with E-state index in [4.69, 9.17) is 0 Å². The summed E-state index contributed by atoms with van der Waals surface area (Å²) in [6, 6.07) is 14.5. The van der Waals surface area contributed by atoms with Gasteiger partial charge in [-0.1, -0.05) is 30.3 Å². The van der Waals surface area contributed by atoms with Crippen molar-refractivity contribution >= 4 is 21.8 Å². The van der Waals surface area contributed by atoms with Crippen molar-refractivity contribution in [2.24, 2.45) is 0 Å². The molecule has 0 N–H and O–H groups in total. The molecule has 0 aliphatic heterocycles. The van der Waals surface area contributed by atoms with Crippen molar-refractivity contribution in [2.45, 2.75) is 13.3 Å². The number of likely N-dealkylation sites (N-methyl/N-ethyl adjacent to an activating group) is 1. The van der Waals surface area contributed by atoms with Gasteiger partial charge in [-0.15, -0.1) is 0 Å². The minimum atomic E-state index is -0.417. The second-order valence-corrected chi connectivity index (χ2v) is 5.60. The third-order valence-electron chi connectivity index (χ3n) is 3.35. The van der Waals surface area contributed by atoms with E-state index in [1.165, 1.54) is 11.6 Å². The van der Waals surface area contributed by atoms with Crippen LogP contribution in [0.2, 0.25) is 0 Å². The fourth-order valence-electron chi connectivity index (χ4n) is 2.12. The predicted molar refractivity (Wildman–Crippen MR) is 85.8 cm³/mol. The molecule has 2 aromatic rings. The van der Waals surface area contributed by atoms with E-state index in [-0.39, 0.29) is 5.91 Å². The Morgan fingerprint density at radius 1 is 1.19 bits per heavy atom. The van der Waals surface area contributed by atoms with E-state index in [0.717, 1.165) is 6.42 Å². The summed E-state index contributed by atoms with van der Waals surface area (Å²) in [5.41, 5.74) is 1.57. The molecule has 0 bridgehead atoms. The zero-order valence-electron chi connectivity index (χ0n) is 11.9. The summed E-state index contributed by atoms with van der Waals surface area (Å²) in [5.74, 6) is -0.556. The van der Waals surface area contributed by atoms with E-state index in [0.29, 0.717) is 23.1 Å². The summed E-state index contributed by atoms with van der Waals surface area (Å²) in [7, 11) is 0. The highest BCUT2D eigenvalue weighted by Gasteiger charge is 2.15. The molecule has 0 radical (unpaired) electrons. The average Bonchev–Trinajstić information content (AvgIpc) is 2.51. The van der Waals surface area contributed by atoms with Crippen LogP contribution in [0.4, 0.5) is 4.39 Å². The maximum absolute atomic E-state index is 13.5. The van der Waals surface area contributed by atoms with Crippen LogP contribution in [-0.4, -0.2) is 23.9 Å². The number of nitrogens with zero attached hydrogens (tertiary/aromatic N) is 1. The number of halogens is 2. The first kappa shape index (κ1) is 15.7. The topological polar surface area (TPSA) is 20.3 Å². The van der Waals surface area contributed by atoms with Crippen molar-refractivity contribution < 1.29 is 9.18 Å². The van der Waals surface area contributed by atoms with Crippen molar-refractivity contribution in [3.8, 4) is 0 Å². The predicted octanol–water partition coefficient (Wildman–Crippen LogP) is 4.29. The molecule has 0 spiro atoms. The number of amides is 1. The van der Waals surface area contributed by atoms with Crippen LogP contribution in [0.25, 0.3) is 0 Å². The Morgan fingerprint density at radius 3 is 2.52 bits per heavy atom. The zero-order chi connectivity index (χ0) is 15.2. The van der Waals surface area contributed by atoms with E-state index in [9.17, 15) is 9.18 Å². The molecule has 0 fully saturated rings. The normalized spacial score (nSPS) is 10.4. The molecule has 110 valence electrons. The molecule has 2 nitrogen and oxygen atoms in total. The van der Waals surface area contributed by atoms with Crippen molar-refractivity contribution in [1.82, 2.24) is 4.90 Å². The smallest absolute Gasteiger partial charge is 0.253 e. The minimum Gasteiger partial charge on any atom is -0.339 e. The van der Waals surface area contributed by atoms with Crippen LogP contribution in [0.5, 0.6) is 0 Å². The Kier molecular flexibility index (Phi) is 5.51. The average molecular weight is 350 g/mol. The van der Waals surface area contributed by atoms with E-state index in [1.807, 2.05) is 37.3 Å². The number of carbonyl (C=O) groups is 1. The number of hydrogen-bond donors (Lipinski definition) is 0. The van der Waals surface area contributed by atoms with E-state index < -0.39 is 5.82 Å². The van der Waals surface area contributed by atoms with E-state index in [1.54, 1.807) is 17.0 Å². The first-order chi connectivity index (χ1) is 10.1. The molecule has 0 aliphatic rings. The SMILES string of the molecule is CCN(CCc1ccccc1)C(=O)c1ccc(Br)c(F)c1. The van der Waals surface area contributed by atoms with Crippen molar-refractivity contribution in [3.05, 3.63) is 69.9 Å². The first-order valence-corrected chi connectivity index (χ1v) is 7.69. The molecule has 21 heavy (non-hydrogen) atoms. The van der Waals surface area contributed by atoms with Gasteiger partial charge >= 0.3 is 0 Å². The molecule has 2 aromatic carbocycles. The highest BCUT2D eigenvalue weighted by Crippen LogP contribution is 2.17. The second kappa shape index (κ2) is 7.36. The summed E-state index contributed by atoms with van der Waals surface area (Å²) < 4.78 is 13.9. The fraction of sp³-hybridized carbons (Fsp3) is 0.235. The van der Waals surface area contributed by atoms with Gasteiger partial charge in [0.1, 0.15) is 5.82 Å². The van der Waals surface area contributed by atoms with Gasteiger partial charge in [0.05, 0.1) is 4.47 Å². The molecule has 0 saturated heterocycles. The van der Waals surface area contributed by atoms with Crippen LogP contribution >= 0.6 is 15.9 Å². The Bertz CT molecular complexity index is 615. The van der Waals surface area contributed by atoms with Gasteiger partial charge in [0.25, 0.3) is 5.91 Å². The maximum Gasteiger partial charge on any atom is 0.253 e. The van der Waals surface area contributed by atoms with Gasteiger partial charge in [0, 0.05) is 18.7 Å². The summed E-state index contributed by atoms with van der Waals surface area (Å²) in [4.78, 5) is 14.1. The molecule has 0 aromatic heterocycles. The Hall–Kier alpha value is -1.68. The lowest BCUT2D eigenvalue weighted by Gasteiger charge is -2.21. The summed E-state index contributed by atoms with van der Waals surface area (Å²) in [5, 5.41) is 0. The largest absolute Gasteiger partial charge is 0.339 e. The van der Waals surface area contributed by atoms with Crippen LogP contribution < -0.4 is 0 Å². The van der Waals surface area contributed by atoms with E-state index in [2.05, 4.69) is 15.9 Å². The molecular formula is C17H17BrFNO. The van der Waals surface area contributed by atoms with Gasteiger partial charge in [0.2, 0.25) is 0 Å². The van der Waals surface area contributed by atoms with Gasteiger partial charge in [-0.2, -0.15) is 0 Å². The van der Waals surface area contributed by atoms with Crippen LogP contribution in [0, 0.1) is 5.82 Å². The van der Waals surface area contributed by atoms with Crippen LogP contribution in [0.15, 0.2) is 53.0 Å². The van der Waals surface area contributed by atoms with Gasteiger partial charge in [-0.3, -0.25) is 4.79 Å². The van der Waals surface area contributed by atoms with Gasteiger partial charge in [-0.25, -0.2) is 4.39 Å². The lowest BCUT2D eigenvalue weighted by atomic mass is 10.1. The quantitative estimate of drug-likeness (QED) is 0.788. The highest BCUT2D eigenvalue weighted by molar-refractivity contribution is 9.10. The monoisotopic (exact) mass is 349 g/mol. The van der Waals surface area contributed by atoms with Crippen LogP contribution in [0.1, 0.15) is 22.8 Å². The molecule has 0 saturated carbocycles. The molecule has 2 rings (SSSR count). The Labute approximate surface area is 132 Å². The van der Waals surface area contributed by atoms with Crippen molar-refractivity contribution in [3.63, 3.8) is 0 Å². The Morgan fingerprint density at radius 2 is 1.90 bits per heavy atom. The summed E-state index contributed by atoms with van der Waals surface area (Å²) >= 11 is 3.09. The molecule has 0 heterocycles. The number of hydrogen-bond acceptors (Lipinski definition) is 1. The standard InChI is InChI=1S/C17H17BrFNO/c1-2-20(11-10-13-6-4-3-5-7-13)17(21)14-8-9-15(18)16(19)12-14/h3-9,12H,2,10-11H2,1H3. The van der Waals surface area contributed by atoms with E-state index >= 15 is 0 Å². The molecule has 1 amide bonds. The van der Waals surface area contributed by atoms with Crippen molar-refractivity contribution in [1.29, 1.82) is 0 Å². The number of benzene rings is 2. The lowest BCUT2D eigenvalue weighted by molar-refractivity contribution is 0.0765. The number of rotatable bonds is 5. The molecular weight excluding hydrogens is 333 g/mol. The van der Waals surface area contributed by atoms with Gasteiger partial charge < -0.3 is 4.90 Å². The first-order valence-electron chi connectivity index (χ1n) is 6.90. The van der Waals surface area contributed by atoms with Gasteiger partial charge in [-0.05, 0) is 53.0 Å². The second-order valence-electron chi connectivity index (χ2n) is 4.75. The Balaban J connectivity index is 2.06. The summed E-state index contributed by atoms with van der Waals surface area (Å²) in [6.07, 6.45) is 0.791. The third kappa shape index (κ3) is 4.14. The molecule has 0 aliphatic carbocycles. The summed E-state index contributed by atoms with van der Waals surface area (Å²) in [6.45, 7) is 3.15. The maximum atomic E-state index is 13.5. The molecule has 4 heteroatoms. The van der Waals surface area contributed by atoms with Crippen molar-refractivity contribution in [2.75, 3.05) is 13.1 Å². The van der Waals surface area contributed by atoms with Crippen LogP contribution in [-0.2, 0) is 6.42 Å². The molecule has 0 unspecified atom stereocenters. The highest BCUT2D eigenvalue weighted by atomic mass is 79.9. The zero-order valence-corrected chi connectivity index (χ0v) is 13.4. The lowest BCUT2D eigenvalue weighted by Crippen LogP contribution is -2.32. The van der Waals surface area contributed by atoms with Crippen LogP contribution in [0.3, 0.4) is 0 Å². The third-order valence-corrected chi connectivity index (χ3v) is 3.99. The molecule has 0 atom stereocenters. The fourth-order valence-corrected chi connectivity index (χ4v) is 2.37.